The van der Waals surface area contributed by atoms with Gasteiger partial charge in [0.15, 0.2) is 4.31 Å². The topological polar surface area (TPSA) is 121 Å². The van der Waals surface area contributed by atoms with E-state index in [1.807, 2.05) is 0 Å². The molecule has 0 heterocycles. The van der Waals surface area contributed by atoms with Crippen LogP contribution in [0, 0.1) is 0 Å². The van der Waals surface area contributed by atoms with Crippen molar-refractivity contribution >= 4 is 22.5 Å². The number of aliphatic carboxylic acids is 1. The van der Waals surface area contributed by atoms with Crippen LogP contribution in [0.3, 0.4) is 0 Å². The van der Waals surface area contributed by atoms with Crippen molar-refractivity contribution in [2.45, 2.75) is 6.92 Å². The van der Waals surface area contributed by atoms with Crippen LogP contribution in [0.4, 0.5) is 0 Å². The van der Waals surface area contributed by atoms with Crippen molar-refractivity contribution in [2.24, 2.45) is 0 Å². The molecule has 0 fully saturated rings. The number of carboxylic acid groups (broad SMARTS) is 1. The second kappa shape index (κ2) is 7.91. The van der Waals surface area contributed by atoms with Gasteiger partial charge in [-0.2, -0.15) is 0 Å². The molecule has 0 bridgehead atoms. The Balaban J connectivity index is 0. The minimum Gasteiger partial charge on any atom is -0.478 e. The van der Waals surface area contributed by atoms with E-state index < -0.39 is 22.5 Å². The third-order valence-electron chi connectivity index (χ3n) is 0.505. The van der Waals surface area contributed by atoms with Crippen molar-refractivity contribution in [2.75, 3.05) is 0 Å². The van der Waals surface area contributed by atoms with Crippen LogP contribution in [-0.2, 0) is 18.2 Å². The van der Waals surface area contributed by atoms with Gasteiger partial charge in [0.25, 0.3) is 0 Å². The van der Waals surface area contributed by atoms with Crippen molar-refractivity contribution in [1.82, 2.24) is 0 Å². The van der Waals surface area contributed by atoms with E-state index in [9.17, 15) is 13.9 Å². The summed E-state index contributed by atoms with van der Waals surface area (Å²) in [6.07, 6.45) is 0. The summed E-state index contributed by atoms with van der Waals surface area (Å²) in [5.41, 5.74) is 0.176. The Morgan fingerprint density at radius 1 is 1.31 bits per heavy atom. The van der Waals surface area contributed by atoms with Crippen LogP contribution in [0.2, 0.25) is 0 Å². The zero-order chi connectivity index (χ0) is 11.0. The van der Waals surface area contributed by atoms with E-state index in [2.05, 4.69) is 10.9 Å². The van der Waals surface area contributed by atoms with Crippen molar-refractivity contribution < 1.29 is 33.1 Å². The lowest BCUT2D eigenvalue weighted by Gasteiger charge is -1.79. The third kappa shape index (κ3) is 18.3. The fraction of sp³-hybridized carbons (Fsp3) is 0.250. The summed E-state index contributed by atoms with van der Waals surface area (Å²) in [4.78, 5) is 24.9. The third-order valence-corrected chi connectivity index (χ3v) is 1.62. The van der Waals surface area contributed by atoms with Crippen molar-refractivity contribution in [3.05, 3.63) is 12.2 Å². The van der Waals surface area contributed by atoms with Crippen LogP contribution < -0.4 is 0 Å². The predicted octanol–water partition coefficient (Wildman–Crippen LogP) is 0.949. The zero-order valence-corrected chi connectivity index (χ0v) is 8.37. The van der Waals surface area contributed by atoms with E-state index in [-0.39, 0.29) is 5.57 Å². The summed E-state index contributed by atoms with van der Waals surface area (Å²) in [6.45, 7) is 4.60. The van der Waals surface area contributed by atoms with Crippen molar-refractivity contribution in [1.29, 1.82) is 0 Å². The molecule has 0 saturated carbocycles. The Morgan fingerprint density at radius 3 is 1.54 bits per heavy atom. The lowest BCUT2D eigenvalue weighted by molar-refractivity contribution is -0.132. The van der Waals surface area contributed by atoms with Crippen LogP contribution in [0.25, 0.3) is 0 Å². The lowest BCUT2D eigenvalue weighted by atomic mass is 10.4. The molecule has 74 valence electrons. The van der Waals surface area contributed by atoms with Crippen LogP contribution in [-0.4, -0.2) is 20.9 Å². The molecule has 0 spiro atoms. The second-order valence-electron chi connectivity index (χ2n) is 1.64. The molecule has 2 unspecified atom stereocenters. The SMILES string of the molecule is C=C(C)C(=O)O.O=[P+](O)O[P+](=O)O. The molecule has 13 heavy (non-hydrogen) atoms. The molecule has 7 nitrogen and oxygen atoms in total. The normalized spacial score (nSPS) is 10.7. The monoisotopic (exact) mass is 230 g/mol. The van der Waals surface area contributed by atoms with Gasteiger partial charge in [-0.3, -0.25) is 0 Å². The average Bonchev–Trinajstić information content (AvgIpc) is 1.84. The van der Waals surface area contributed by atoms with E-state index in [0.29, 0.717) is 0 Å². The molecule has 0 aromatic carbocycles. The maximum Gasteiger partial charge on any atom is 0.745 e. The zero-order valence-electron chi connectivity index (χ0n) is 6.58. The molecule has 3 N–H and O–H groups in total. The quantitative estimate of drug-likeness (QED) is 0.487. The lowest BCUT2D eigenvalue weighted by Crippen LogP contribution is -1.92. The average molecular weight is 230 g/mol. The Morgan fingerprint density at radius 2 is 1.54 bits per heavy atom. The Labute approximate surface area is 75.6 Å². The van der Waals surface area contributed by atoms with Crippen LogP contribution >= 0.6 is 16.5 Å². The van der Waals surface area contributed by atoms with E-state index in [0.717, 1.165) is 0 Å². The van der Waals surface area contributed by atoms with Gasteiger partial charge >= 0.3 is 22.5 Å². The van der Waals surface area contributed by atoms with E-state index in [1.165, 1.54) is 6.92 Å². The van der Waals surface area contributed by atoms with Crippen LogP contribution in [0.1, 0.15) is 6.92 Å². The highest BCUT2D eigenvalue weighted by molar-refractivity contribution is 7.46. The minimum atomic E-state index is -2.92. The molecule has 0 aliphatic carbocycles. The van der Waals surface area contributed by atoms with Gasteiger partial charge in [-0.05, 0) is 6.92 Å². The number of carboxylic acids is 1. The molecule has 9 heteroatoms. The fourth-order valence-corrected chi connectivity index (χ4v) is 0.538. The maximum absolute atomic E-state index is 9.60. The van der Waals surface area contributed by atoms with Gasteiger partial charge in [0.05, 0.1) is 0 Å². The number of hydrogen-bond acceptors (Lipinski definition) is 4. The van der Waals surface area contributed by atoms with Gasteiger partial charge in [0.2, 0.25) is 0 Å². The van der Waals surface area contributed by atoms with Gasteiger partial charge in [0, 0.05) is 14.7 Å². The molecule has 0 rings (SSSR count). The summed E-state index contributed by atoms with van der Waals surface area (Å²) in [6, 6.07) is 0. The molecule has 0 aromatic heterocycles. The first-order valence-corrected chi connectivity index (χ1v) is 4.92. The highest BCUT2D eigenvalue weighted by atomic mass is 31.2. The Bertz CT molecular complexity index is 211. The molecule has 0 radical (unpaired) electrons. The van der Waals surface area contributed by atoms with Gasteiger partial charge in [-0.25, -0.2) is 4.79 Å². The highest BCUT2D eigenvalue weighted by Crippen LogP contribution is 2.30. The highest BCUT2D eigenvalue weighted by Gasteiger charge is 2.31. The molecule has 0 saturated heterocycles. The molecule has 0 aliphatic heterocycles. The van der Waals surface area contributed by atoms with Gasteiger partial charge in [-0.15, -0.1) is 9.79 Å². The molecule has 0 amide bonds. The Hall–Kier alpha value is -0.710. The molecular weight excluding hydrogens is 222 g/mol. The van der Waals surface area contributed by atoms with Crippen LogP contribution in [0.5, 0.6) is 0 Å². The van der Waals surface area contributed by atoms with E-state index in [4.69, 9.17) is 14.9 Å². The maximum atomic E-state index is 9.60. The summed E-state index contributed by atoms with van der Waals surface area (Å²) in [5, 5.41) is 7.89. The van der Waals surface area contributed by atoms with Gasteiger partial charge in [-0.1, -0.05) is 6.58 Å². The van der Waals surface area contributed by atoms with E-state index in [1.54, 1.807) is 0 Å². The predicted molar refractivity (Wildman–Crippen MR) is 43.2 cm³/mol. The first kappa shape index (κ1) is 14.8. The van der Waals surface area contributed by atoms with E-state index >= 15 is 0 Å². The second-order valence-corrected chi connectivity index (χ2v) is 3.25. The molecule has 0 aliphatic rings. The number of carbonyl (C=O) groups is 1. The smallest absolute Gasteiger partial charge is 0.478 e. The minimum absolute atomic E-state index is 0.176. The fourth-order valence-electron chi connectivity index (χ4n) is 0.0598. The first-order chi connectivity index (χ1) is 5.77. The molecular formula is C4H8O7P2+2. The molecule has 2 atom stereocenters. The largest absolute Gasteiger partial charge is 0.745 e. The van der Waals surface area contributed by atoms with Crippen molar-refractivity contribution in [3.8, 4) is 0 Å². The first-order valence-electron chi connectivity index (χ1n) is 2.66. The summed E-state index contributed by atoms with van der Waals surface area (Å²) in [5.74, 6) is -0.935. The number of hydrogen-bond donors (Lipinski definition) is 3. The van der Waals surface area contributed by atoms with Crippen LogP contribution in [0.15, 0.2) is 12.2 Å². The summed E-state index contributed by atoms with van der Waals surface area (Å²) < 4.78 is 22.2. The van der Waals surface area contributed by atoms with Crippen molar-refractivity contribution in [3.63, 3.8) is 0 Å². The molecule has 0 aromatic rings. The Kier molecular flexibility index (Phi) is 9.01. The number of rotatable bonds is 3. The van der Waals surface area contributed by atoms with Gasteiger partial charge < -0.3 is 5.11 Å². The standard InChI is InChI=1S/C4H6O2.O5P2/c1-3(2)4(5)6;1-6(2)5-7(3)4/h1H2,2H3,(H,5,6);/p+2. The summed E-state index contributed by atoms with van der Waals surface area (Å²) in [7, 11) is -5.85. The summed E-state index contributed by atoms with van der Waals surface area (Å²) >= 11 is 0. The van der Waals surface area contributed by atoms with Gasteiger partial charge in [0.1, 0.15) is 0 Å².